The molecule has 0 spiro atoms. The molecule has 6 heteroatoms. The van der Waals surface area contributed by atoms with Crippen LogP contribution in [0.25, 0.3) is 0 Å². The lowest BCUT2D eigenvalue weighted by Crippen LogP contribution is -2.34. The van der Waals surface area contributed by atoms with Crippen LogP contribution in [-0.4, -0.2) is 21.5 Å². The second-order valence-electron chi connectivity index (χ2n) is 5.21. The summed E-state index contributed by atoms with van der Waals surface area (Å²) in [6, 6.07) is 6.88. The van der Waals surface area contributed by atoms with Gasteiger partial charge in [0, 0.05) is 14.7 Å². The van der Waals surface area contributed by atoms with Gasteiger partial charge in [-0.3, -0.25) is 14.5 Å². The van der Waals surface area contributed by atoms with E-state index in [1.54, 1.807) is 24.3 Å². The number of nitrogens with zero attached hydrogens (tertiary/aromatic N) is 1. The molecule has 2 fully saturated rings. The van der Waals surface area contributed by atoms with E-state index < -0.39 is 0 Å². The SMILES string of the molecule is O=C1[C@H]2C[C@H](Br)[C@@H](Br)C[C@H]2C(=O)N1c1cccc(Cl)c1. The molecule has 1 heterocycles. The average Bonchev–Trinajstić information content (AvgIpc) is 2.63. The molecule has 1 aromatic carbocycles. The highest BCUT2D eigenvalue weighted by molar-refractivity contribution is 9.12. The van der Waals surface area contributed by atoms with E-state index in [1.807, 2.05) is 0 Å². The van der Waals surface area contributed by atoms with Gasteiger partial charge in [-0.05, 0) is 31.0 Å². The standard InChI is InChI=1S/C14H12Br2ClNO2/c15-11-5-9-10(6-12(11)16)14(20)18(13(9)19)8-3-1-2-7(17)4-8/h1-4,9-12H,5-6H2/t9-,10+,11-,12-/m0/s1. The van der Waals surface area contributed by atoms with Crippen LogP contribution in [0.4, 0.5) is 5.69 Å². The largest absolute Gasteiger partial charge is 0.274 e. The Morgan fingerprint density at radius 3 is 2.10 bits per heavy atom. The first kappa shape index (κ1) is 14.5. The number of carbonyl (C=O) groups is 2. The number of fused-ring (bicyclic) bond motifs is 1. The van der Waals surface area contributed by atoms with Gasteiger partial charge in [0.1, 0.15) is 0 Å². The summed E-state index contributed by atoms with van der Waals surface area (Å²) in [5.41, 5.74) is 0.569. The Morgan fingerprint density at radius 1 is 1.05 bits per heavy atom. The number of benzene rings is 1. The van der Waals surface area contributed by atoms with E-state index in [9.17, 15) is 9.59 Å². The third-order valence-electron chi connectivity index (χ3n) is 3.98. The number of anilines is 1. The lowest BCUT2D eigenvalue weighted by molar-refractivity contribution is -0.122. The van der Waals surface area contributed by atoms with Crippen molar-refractivity contribution in [3.63, 3.8) is 0 Å². The van der Waals surface area contributed by atoms with Gasteiger partial charge in [0.05, 0.1) is 17.5 Å². The molecular weight excluding hydrogens is 409 g/mol. The summed E-state index contributed by atoms with van der Waals surface area (Å²) >= 11 is 13.1. The fourth-order valence-corrected chi connectivity index (χ4v) is 4.39. The van der Waals surface area contributed by atoms with E-state index in [0.29, 0.717) is 23.6 Å². The molecule has 1 aliphatic heterocycles. The van der Waals surface area contributed by atoms with Crippen LogP contribution in [0.3, 0.4) is 0 Å². The van der Waals surface area contributed by atoms with Gasteiger partial charge in [-0.15, -0.1) is 0 Å². The summed E-state index contributed by atoms with van der Waals surface area (Å²) in [5, 5.41) is 0.523. The Labute approximate surface area is 138 Å². The number of rotatable bonds is 1. The van der Waals surface area contributed by atoms with Gasteiger partial charge < -0.3 is 0 Å². The zero-order chi connectivity index (χ0) is 14.4. The van der Waals surface area contributed by atoms with E-state index in [-0.39, 0.29) is 33.3 Å². The van der Waals surface area contributed by atoms with Crippen LogP contribution in [0, 0.1) is 11.8 Å². The predicted molar refractivity (Wildman–Crippen MR) is 85.6 cm³/mol. The number of carbonyl (C=O) groups excluding carboxylic acids is 2. The Morgan fingerprint density at radius 2 is 1.60 bits per heavy atom. The van der Waals surface area contributed by atoms with Gasteiger partial charge in [0.2, 0.25) is 11.8 Å². The first-order valence-electron chi connectivity index (χ1n) is 6.40. The number of alkyl halides is 2. The molecule has 4 atom stereocenters. The van der Waals surface area contributed by atoms with E-state index in [4.69, 9.17) is 11.6 Å². The van der Waals surface area contributed by atoms with E-state index in [0.717, 1.165) is 0 Å². The molecule has 20 heavy (non-hydrogen) atoms. The minimum absolute atomic E-state index is 0.105. The molecule has 3 rings (SSSR count). The number of imide groups is 1. The second kappa shape index (κ2) is 5.43. The van der Waals surface area contributed by atoms with E-state index >= 15 is 0 Å². The van der Waals surface area contributed by atoms with Crippen molar-refractivity contribution < 1.29 is 9.59 Å². The summed E-state index contributed by atoms with van der Waals surface area (Å²) in [5.74, 6) is -0.656. The summed E-state index contributed by atoms with van der Waals surface area (Å²) in [4.78, 5) is 26.8. The normalized spacial score (nSPS) is 33.5. The van der Waals surface area contributed by atoms with Crippen molar-refractivity contribution in [3.8, 4) is 0 Å². The molecule has 2 amide bonds. The van der Waals surface area contributed by atoms with Crippen molar-refractivity contribution in [2.24, 2.45) is 11.8 Å². The number of halogens is 3. The van der Waals surface area contributed by atoms with Crippen molar-refractivity contribution in [2.45, 2.75) is 22.5 Å². The van der Waals surface area contributed by atoms with Gasteiger partial charge >= 0.3 is 0 Å². The molecule has 0 N–H and O–H groups in total. The smallest absolute Gasteiger partial charge is 0.237 e. The Bertz CT molecular complexity index is 552. The number of hydrogen-bond acceptors (Lipinski definition) is 2. The van der Waals surface area contributed by atoms with Gasteiger partial charge in [-0.25, -0.2) is 0 Å². The fraction of sp³-hybridized carbons (Fsp3) is 0.429. The van der Waals surface area contributed by atoms with Crippen LogP contribution >= 0.6 is 43.5 Å². The molecule has 0 unspecified atom stereocenters. The third kappa shape index (κ3) is 2.34. The minimum Gasteiger partial charge on any atom is -0.274 e. The first-order valence-corrected chi connectivity index (χ1v) is 8.61. The van der Waals surface area contributed by atoms with Crippen molar-refractivity contribution in [1.29, 1.82) is 0 Å². The summed E-state index contributed by atoms with van der Waals surface area (Å²) in [6.07, 6.45) is 1.37. The van der Waals surface area contributed by atoms with Gasteiger partial charge in [0.15, 0.2) is 0 Å². The van der Waals surface area contributed by atoms with Crippen molar-refractivity contribution in [1.82, 2.24) is 0 Å². The molecule has 1 saturated carbocycles. The van der Waals surface area contributed by atoms with Crippen LogP contribution in [0.15, 0.2) is 24.3 Å². The summed E-state index contributed by atoms with van der Waals surface area (Å²) < 4.78 is 0. The molecule has 1 aromatic rings. The average molecular weight is 422 g/mol. The lowest BCUT2D eigenvalue weighted by Gasteiger charge is -2.29. The van der Waals surface area contributed by atoms with Crippen LogP contribution in [0.2, 0.25) is 5.02 Å². The Balaban J connectivity index is 1.95. The maximum Gasteiger partial charge on any atom is 0.237 e. The molecule has 3 nitrogen and oxygen atoms in total. The Hall–Kier alpha value is -0.390. The van der Waals surface area contributed by atoms with E-state index in [2.05, 4.69) is 31.9 Å². The highest BCUT2D eigenvalue weighted by atomic mass is 79.9. The quantitative estimate of drug-likeness (QED) is 0.511. The van der Waals surface area contributed by atoms with Gasteiger partial charge in [0.25, 0.3) is 0 Å². The monoisotopic (exact) mass is 419 g/mol. The zero-order valence-electron chi connectivity index (χ0n) is 10.4. The van der Waals surface area contributed by atoms with Gasteiger partial charge in [-0.2, -0.15) is 0 Å². The first-order chi connectivity index (χ1) is 9.49. The van der Waals surface area contributed by atoms with Crippen LogP contribution in [0.1, 0.15) is 12.8 Å². The lowest BCUT2D eigenvalue weighted by atomic mass is 9.81. The van der Waals surface area contributed by atoms with Crippen LogP contribution in [0.5, 0.6) is 0 Å². The van der Waals surface area contributed by atoms with Gasteiger partial charge in [-0.1, -0.05) is 49.5 Å². The summed E-state index contributed by atoms with van der Waals surface area (Å²) in [7, 11) is 0. The maximum absolute atomic E-state index is 12.5. The molecule has 0 radical (unpaired) electrons. The topological polar surface area (TPSA) is 37.4 Å². The maximum atomic E-state index is 12.5. The minimum atomic E-state index is -0.223. The van der Waals surface area contributed by atoms with Crippen LogP contribution < -0.4 is 4.90 Å². The molecule has 0 aromatic heterocycles. The second-order valence-corrected chi connectivity index (χ2v) is 8.00. The highest BCUT2D eigenvalue weighted by Gasteiger charge is 2.52. The Kier molecular flexibility index (Phi) is 3.95. The number of amides is 2. The molecule has 106 valence electrons. The van der Waals surface area contributed by atoms with Crippen molar-refractivity contribution in [2.75, 3.05) is 4.90 Å². The van der Waals surface area contributed by atoms with Crippen molar-refractivity contribution in [3.05, 3.63) is 29.3 Å². The number of hydrogen-bond donors (Lipinski definition) is 0. The van der Waals surface area contributed by atoms with Crippen molar-refractivity contribution >= 4 is 61.0 Å². The zero-order valence-corrected chi connectivity index (χ0v) is 14.4. The highest BCUT2D eigenvalue weighted by Crippen LogP contribution is 2.44. The molecule has 2 aliphatic rings. The summed E-state index contributed by atoms with van der Waals surface area (Å²) in [6.45, 7) is 0. The van der Waals surface area contributed by atoms with E-state index in [1.165, 1.54) is 4.90 Å². The molecule has 0 bridgehead atoms. The molecule has 1 saturated heterocycles. The third-order valence-corrected chi connectivity index (χ3v) is 6.95. The molecular formula is C14H12Br2ClNO2. The van der Waals surface area contributed by atoms with Crippen LogP contribution in [-0.2, 0) is 9.59 Å². The fourth-order valence-electron chi connectivity index (χ4n) is 2.96. The molecule has 1 aliphatic carbocycles. The predicted octanol–water partition coefficient (Wildman–Crippen LogP) is 3.77.